The lowest BCUT2D eigenvalue weighted by Gasteiger charge is -2.27. The molecule has 2 fully saturated rings. The minimum Gasteiger partial charge on any atom is -0.480 e. The predicted octanol–water partition coefficient (Wildman–Crippen LogP) is 1.83. The molecule has 0 aromatic heterocycles. The first kappa shape index (κ1) is 10.3. The third kappa shape index (κ3) is 2.06. The highest BCUT2D eigenvalue weighted by Crippen LogP contribution is 2.41. The van der Waals surface area contributed by atoms with Crippen LogP contribution in [0.3, 0.4) is 0 Å². The number of carbonyl (C=O) groups is 1. The molecule has 1 aliphatic heterocycles. The highest BCUT2D eigenvalue weighted by atomic mass is 32.2. The molecule has 14 heavy (non-hydrogen) atoms. The number of hydrogen-bond donors (Lipinski definition) is 2. The van der Waals surface area contributed by atoms with Crippen LogP contribution in [-0.4, -0.2) is 27.7 Å². The van der Waals surface area contributed by atoms with Gasteiger partial charge in [-0.3, -0.25) is 10.1 Å². The lowest BCUT2D eigenvalue weighted by atomic mass is 10.1. The van der Waals surface area contributed by atoms with Crippen molar-refractivity contribution < 1.29 is 9.90 Å². The average Bonchev–Trinajstić information content (AvgIpc) is 2.41. The van der Waals surface area contributed by atoms with E-state index < -0.39 is 5.97 Å². The molecule has 0 aromatic rings. The fourth-order valence-corrected chi connectivity index (χ4v) is 3.88. The third-order valence-electron chi connectivity index (χ3n) is 3.17. The Balaban J connectivity index is 1.99. The Kier molecular flexibility index (Phi) is 3.02. The molecule has 1 aliphatic carbocycles. The topological polar surface area (TPSA) is 49.3 Å². The largest absolute Gasteiger partial charge is 0.480 e. The SMILES string of the molecule is O=C(O)C1CSC2(CCCCCC2)N1. The van der Waals surface area contributed by atoms with Crippen molar-refractivity contribution in [2.24, 2.45) is 0 Å². The first-order valence-electron chi connectivity index (χ1n) is 5.36. The van der Waals surface area contributed by atoms with Crippen LogP contribution in [0, 0.1) is 0 Å². The lowest BCUT2D eigenvalue weighted by Crippen LogP contribution is -2.44. The first-order valence-corrected chi connectivity index (χ1v) is 6.35. The molecule has 3 nitrogen and oxygen atoms in total. The number of aliphatic carboxylic acids is 1. The minimum absolute atomic E-state index is 0.0968. The van der Waals surface area contributed by atoms with Crippen molar-refractivity contribution in [3.63, 3.8) is 0 Å². The number of carboxylic acids is 1. The normalized spacial score (nSPS) is 31.6. The lowest BCUT2D eigenvalue weighted by molar-refractivity contribution is -0.138. The summed E-state index contributed by atoms with van der Waals surface area (Å²) in [5, 5.41) is 12.2. The van der Waals surface area contributed by atoms with Gasteiger partial charge < -0.3 is 5.11 Å². The predicted molar refractivity (Wildman–Crippen MR) is 57.5 cm³/mol. The molecule has 0 radical (unpaired) electrons. The van der Waals surface area contributed by atoms with Crippen LogP contribution >= 0.6 is 11.8 Å². The minimum atomic E-state index is -0.696. The van der Waals surface area contributed by atoms with Crippen LogP contribution < -0.4 is 5.32 Å². The van der Waals surface area contributed by atoms with Gasteiger partial charge in [0, 0.05) is 5.75 Å². The van der Waals surface area contributed by atoms with Gasteiger partial charge >= 0.3 is 5.97 Å². The van der Waals surface area contributed by atoms with E-state index in [0.29, 0.717) is 0 Å². The van der Waals surface area contributed by atoms with Gasteiger partial charge in [-0.25, -0.2) is 0 Å². The van der Waals surface area contributed by atoms with Gasteiger partial charge in [-0.05, 0) is 12.8 Å². The van der Waals surface area contributed by atoms with Crippen LogP contribution in [0.4, 0.5) is 0 Å². The molecule has 1 saturated carbocycles. The van der Waals surface area contributed by atoms with E-state index in [9.17, 15) is 4.79 Å². The molecule has 2 N–H and O–H groups in total. The Morgan fingerprint density at radius 3 is 2.43 bits per heavy atom. The van der Waals surface area contributed by atoms with Crippen molar-refractivity contribution in [1.29, 1.82) is 0 Å². The molecule has 0 amide bonds. The van der Waals surface area contributed by atoms with Crippen LogP contribution in [0.1, 0.15) is 38.5 Å². The van der Waals surface area contributed by atoms with Crippen molar-refractivity contribution in [3.8, 4) is 0 Å². The summed E-state index contributed by atoms with van der Waals surface area (Å²) in [6.07, 6.45) is 7.38. The van der Waals surface area contributed by atoms with Crippen LogP contribution in [0.5, 0.6) is 0 Å². The van der Waals surface area contributed by atoms with Gasteiger partial charge in [0.15, 0.2) is 0 Å². The highest BCUT2D eigenvalue weighted by Gasteiger charge is 2.41. The Labute approximate surface area is 88.6 Å². The quantitative estimate of drug-likeness (QED) is 0.700. The van der Waals surface area contributed by atoms with E-state index in [0.717, 1.165) is 18.6 Å². The van der Waals surface area contributed by atoms with Gasteiger partial charge in [-0.15, -0.1) is 11.8 Å². The summed E-state index contributed by atoms with van der Waals surface area (Å²) in [6.45, 7) is 0. The molecule has 0 aromatic carbocycles. The number of carboxylic acid groups (broad SMARTS) is 1. The molecule has 1 spiro atoms. The fourth-order valence-electron chi connectivity index (χ4n) is 2.37. The van der Waals surface area contributed by atoms with Crippen molar-refractivity contribution in [1.82, 2.24) is 5.32 Å². The average molecular weight is 215 g/mol. The van der Waals surface area contributed by atoms with Gasteiger partial charge in [-0.2, -0.15) is 0 Å². The number of thioether (sulfide) groups is 1. The van der Waals surface area contributed by atoms with Crippen LogP contribution in [0.2, 0.25) is 0 Å². The number of rotatable bonds is 1. The summed E-state index contributed by atoms with van der Waals surface area (Å²) in [6, 6.07) is -0.321. The molecule has 1 saturated heterocycles. The van der Waals surface area contributed by atoms with E-state index >= 15 is 0 Å². The Bertz CT molecular complexity index is 224. The van der Waals surface area contributed by atoms with Gasteiger partial charge in [0.2, 0.25) is 0 Å². The fraction of sp³-hybridized carbons (Fsp3) is 0.900. The molecule has 1 heterocycles. The molecule has 4 heteroatoms. The maximum absolute atomic E-state index is 10.8. The number of nitrogens with one attached hydrogen (secondary N) is 1. The van der Waals surface area contributed by atoms with E-state index in [4.69, 9.17) is 5.11 Å². The van der Waals surface area contributed by atoms with Crippen LogP contribution in [0.25, 0.3) is 0 Å². The zero-order valence-corrected chi connectivity index (χ0v) is 9.11. The number of hydrogen-bond acceptors (Lipinski definition) is 3. The second-order valence-corrected chi connectivity index (χ2v) is 5.66. The van der Waals surface area contributed by atoms with Gasteiger partial charge in [-0.1, -0.05) is 25.7 Å². The zero-order valence-electron chi connectivity index (χ0n) is 8.29. The summed E-state index contributed by atoms with van der Waals surface area (Å²) in [5.41, 5.74) is 0. The summed E-state index contributed by atoms with van der Waals surface area (Å²) in [4.78, 5) is 10.9. The summed E-state index contributed by atoms with van der Waals surface area (Å²) < 4.78 is 0. The monoisotopic (exact) mass is 215 g/mol. The second-order valence-electron chi connectivity index (χ2n) is 4.25. The molecular weight excluding hydrogens is 198 g/mol. The first-order chi connectivity index (χ1) is 6.72. The van der Waals surface area contributed by atoms with Crippen molar-refractivity contribution >= 4 is 17.7 Å². The smallest absolute Gasteiger partial charge is 0.321 e. The van der Waals surface area contributed by atoms with E-state index in [1.807, 2.05) is 11.8 Å². The maximum atomic E-state index is 10.8. The van der Waals surface area contributed by atoms with Crippen molar-refractivity contribution in [3.05, 3.63) is 0 Å². The second kappa shape index (κ2) is 4.11. The van der Waals surface area contributed by atoms with Crippen molar-refractivity contribution in [2.75, 3.05) is 5.75 Å². The zero-order chi connectivity index (χ0) is 10.0. The van der Waals surface area contributed by atoms with E-state index in [-0.39, 0.29) is 10.9 Å². The van der Waals surface area contributed by atoms with Crippen molar-refractivity contribution in [2.45, 2.75) is 49.4 Å². The molecule has 2 rings (SSSR count). The van der Waals surface area contributed by atoms with Gasteiger partial charge in [0.05, 0.1) is 4.87 Å². The van der Waals surface area contributed by atoms with E-state index in [1.165, 1.54) is 25.7 Å². The summed E-state index contributed by atoms with van der Waals surface area (Å²) >= 11 is 1.82. The molecular formula is C10H17NO2S. The summed E-state index contributed by atoms with van der Waals surface area (Å²) in [7, 11) is 0. The van der Waals surface area contributed by atoms with Crippen LogP contribution in [-0.2, 0) is 4.79 Å². The van der Waals surface area contributed by atoms with E-state index in [1.54, 1.807) is 0 Å². The molecule has 1 atom stereocenters. The third-order valence-corrected chi connectivity index (χ3v) is 4.75. The van der Waals surface area contributed by atoms with Gasteiger partial charge in [0.25, 0.3) is 0 Å². The van der Waals surface area contributed by atoms with Crippen LogP contribution in [0.15, 0.2) is 0 Å². The van der Waals surface area contributed by atoms with E-state index in [2.05, 4.69) is 5.32 Å². The molecule has 1 unspecified atom stereocenters. The Morgan fingerprint density at radius 1 is 1.29 bits per heavy atom. The maximum Gasteiger partial charge on any atom is 0.321 e. The summed E-state index contributed by atoms with van der Waals surface area (Å²) in [5.74, 6) is 0.0358. The molecule has 0 bridgehead atoms. The molecule has 2 aliphatic rings. The highest BCUT2D eigenvalue weighted by molar-refractivity contribution is 8.00. The van der Waals surface area contributed by atoms with Gasteiger partial charge in [0.1, 0.15) is 6.04 Å². The Morgan fingerprint density at radius 2 is 1.93 bits per heavy atom. The standard InChI is InChI=1S/C10H17NO2S/c12-9(13)8-7-14-10(11-8)5-3-1-2-4-6-10/h8,11H,1-7H2,(H,12,13). The molecule has 80 valence electrons. The Hall–Kier alpha value is -0.220.